The van der Waals surface area contributed by atoms with E-state index in [1.165, 1.54) is 6.42 Å². The van der Waals surface area contributed by atoms with Gasteiger partial charge >= 0.3 is 0 Å². The average Bonchev–Trinajstić information content (AvgIpc) is 2.42. The second-order valence-electron chi connectivity index (χ2n) is 4.35. The van der Waals surface area contributed by atoms with Crippen molar-refractivity contribution in [1.29, 1.82) is 0 Å². The van der Waals surface area contributed by atoms with Gasteiger partial charge in [-0.1, -0.05) is 6.92 Å². The highest BCUT2D eigenvalue weighted by Gasteiger charge is 2.55. The van der Waals surface area contributed by atoms with E-state index in [2.05, 4.69) is 6.92 Å². The van der Waals surface area contributed by atoms with Crippen LogP contribution in [0.1, 0.15) is 26.2 Å². The normalized spacial score (nSPS) is 55.4. The zero-order chi connectivity index (χ0) is 8.06. The van der Waals surface area contributed by atoms with E-state index in [1.807, 2.05) is 0 Å². The van der Waals surface area contributed by atoms with E-state index in [4.69, 9.17) is 0 Å². The molecule has 4 unspecified atom stereocenters. The molecule has 2 rings (SSSR count). The predicted molar refractivity (Wildman–Crippen MR) is 42.0 cm³/mol. The highest BCUT2D eigenvalue weighted by atomic mass is 16.3. The molecule has 2 N–H and O–H groups in total. The fraction of sp³-hybridized carbons (Fsp3) is 1.00. The van der Waals surface area contributed by atoms with Crippen LogP contribution >= 0.6 is 0 Å². The lowest BCUT2D eigenvalue weighted by molar-refractivity contribution is 0.0553. The number of fused-ring (bicyclic) bond motifs is 2. The van der Waals surface area contributed by atoms with E-state index in [1.54, 1.807) is 0 Å². The van der Waals surface area contributed by atoms with Crippen molar-refractivity contribution in [1.82, 2.24) is 0 Å². The Bertz CT molecular complexity index is 169. The summed E-state index contributed by atoms with van der Waals surface area (Å²) in [6.45, 7) is 2.37. The molecule has 0 amide bonds. The van der Waals surface area contributed by atoms with Crippen molar-refractivity contribution in [2.45, 2.75) is 32.3 Å². The van der Waals surface area contributed by atoms with Gasteiger partial charge in [0.05, 0.1) is 6.10 Å². The molecule has 2 heteroatoms. The number of rotatable bonds is 1. The van der Waals surface area contributed by atoms with Crippen LogP contribution in [0.2, 0.25) is 0 Å². The summed E-state index contributed by atoms with van der Waals surface area (Å²) in [6, 6.07) is 0. The third kappa shape index (κ3) is 0.798. The minimum Gasteiger partial charge on any atom is -0.396 e. The third-order valence-electron chi connectivity index (χ3n) is 3.94. The summed E-state index contributed by atoms with van der Waals surface area (Å²) in [5.74, 6) is 0.949. The number of hydrogen-bond acceptors (Lipinski definition) is 2. The van der Waals surface area contributed by atoms with Gasteiger partial charge in [-0.15, -0.1) is 0 Å². The smallest absolute Gasteiger partial charge is 0.0577 e. The van der Waals surface area contributed by atoms with Crippen LogP contribution in [0.5, 0.6) is 0 Å². The number of aliphatic hydroxyl groups is 2. The van der Waals surface area contributed by atoms with Crippen molar-refractivity contribution in [2.24, 2.45) is 17.3 Å². The van der Waals surface area contributed by atoms with Crippen LogP contribution in [0.15, 0.2) is 0 Å². The molecule has 2 saturated carbocycles. The highest BCUT2D eigenvalue weighted by molar-refractivity contribution is 5.04. The van der Waals surface area contributed by atoms with Crippen LogP contribution in [0, 0.1) is 17.3 Å². The Kier molecular flexibility index (Phi) is 1.52. The maximum Gasteiger partial charge on any atom is 0.0577 e. The topological polar surface area (TPSA) is 40.5 Å². The highest BCUT2D eigenvalue weighted by Crippen LogP contribution is 2.57. The molecule has 0 aromatic carbocycles. The van der Waals surface area contributed by atoms with Gasteiger partial charge in [-0.05, 0) is 36.5 Å². The monoisotopic (exact) mass is 156 g/mol. The van der Waals surface area contributed by atoms with Crippen LogP contribution in [0.3, 0.4) is 0 Å². The molecule has 0 aliphatic heterocycles. The quantitative estimate of drug-likeness (QED) is 0.589. The third-order valence-corrected chi connectivity index (χ3v) is 3.94. The Morgan fingerprint density at radius 1 is 1.45 bits per heavy atom. The van der Waals surface area contributed by atoms with Crippen LogP contribution in [0.4, 0.5) is 0 Å². The molecule has 4 atom stereocenters. The summed E-state index contributed by atoms with van der Waals surface area (Å²) in [5, 5.41) is 18.8. The molecule has 0 heterocycles. The maximum atomic E-state index is 9.57. The van der Waals surface area contributed by atoms with Crippen LogP contribution in [0.25, 0.3) is 0 Å². The largest absolute Gasteiger partial charge is 0.396 e. The number of aliphatic hydroxyl groups excluding tert-OH is 2. The van der Waals surface area contributed by atoms with E-state index in [0.717, 1.165) is 12.8 Å². The fourth-order valence-electron chi connectivity index (χ4n) is 3.06. The Labute approximate surface area is 67.2 Å². The van der Waals surface area contributed by atoms with Crippen molar-refractivity contribution >= 4 is 0 Å². The van der Waals surface area contributed by atoms with Crippen molar-refractivity contribution in [3.8, 4) is 0 Å². The van der Waals surface area contributed by atoms with Gasteiger partial charge in [-0.25, -0.2) is 0 Å². The van der Waals surface area contributed by atoms with Gasteiger partial charge in [0.1, 0.15) is 0 Å². The minimum atomic E-state index is -0.133. The molecule has 0 saturated heterocycles. The van der Waals surface area contributed by atoms with E-state index >= 15 is 0 Å². The second-order valence-corrected chi connectivity index (χ2v) is 4.35. The molecular weight excluding hydrogens is 140 g/mol. The van der Waals surface area contributed by atoms with Gasteiger partial charge in [0, 0.05) is 6.61 Å². The van der Waals surface area contributed by atoms with Crippen LogP contribution in [-0.4, -0.2) is 22.9 Å². The molecule has 64 valence electrons. The van der Waals surface area contributed by atoms with Crippen molar-refractivity contribution < 1.29 is 10.2 Å². The second kappa shape index (κ2) is 2.20. The van der Waals surface area contributed by atoms with Gasteiger partial charge < -0.3 is 10.2 Å². The maximum absolute atomic E-state index is 9.57. The van der Waals surface area contributed by atoms with E-state index in [9.17, 15) is 10.2 Å². The summed E-state index contributed by atoms with van der Waals surface area (Å²) in [4.78, 5) is 0. The summed E-state index contributed by atoms with van der Waals surface area (Å²) in [6.07, 6.45) is 3.11. The Hall–Kier alpha value is -0.0800. The minimum absolute atomic E-state index is 0.0411. The van der Waals surface area contributed by atoms with Crippen molar-refractivity contribution in [3.63, 3.8) is 0 Å². The Morgan fingerprint density at radius 3 is 2.45 bits per heavy atom. The molecule has 11 heavy (non-hydrogen) atoms. The summed E-state index contributed by atoms with van der Waals surface area (Å²) >= 11 is 0. The zero-order valence-electron chi connectivity index (χ0n) is 6.95. The molecule has 0 spiro atoms. The van der Waals surface area contributed by atoms with Gasteiger partial charge in [0.25, 0.3) is 0 Å². The van der Waals surface area contributed by atoms with E-state index in [-0.39, 0.29) is 18.1 Å². The van der Waals surface area contributed by atoms with Crippen molar-refractivity contribution in [2.75, 3.05) is 6.61 Å². The first kappa shape index (κ1) is 7.56. The SMILES string of the molecule is CC1(CO)C2CCC1C(O)C2. The van der Waals surface area contributed by atoms with Gasteiger partial charge in [0.2, 0.25) is 0 Å². The first-order chi connectivity index (χ1) is 5.18. The lowest BCUT2D eigenvalue weighted by Crippen LogP contribution is -2.29. The molecule has 2 aliphatic rings. The standard InChI is InChI=1S/C9H16O2/c1-9(5-10)6-2-3-7(9)8(11)4-6/h6-8,10-11H,2-5H2,1H3. The summed E-state index contributed by atoms with van der Waals surface area (Å²) in [5.41, 5.74) is 0.0411. The molecule has 2 fully saturated rings. The molecule has 0 aromatic rings. The van der Waals surface area contributed by atoms with E-state index < -0.39 is 0 Å². The van der Waals surface area contributed by atoms with Crippen LogP contribution in [-0.2, 0) is 0 Å². The Morgan fingerprint density at radius 2 is 2.18 bits per heavy atom. The molecule has 0 radical (unpaired) electrons. The van der Waals surface area contributed by atoms with Crippen molar-refractivity contribution in [3.05, 3.63) is 0 Å². The van der Waals surface area contributed by atoms with Crippen LogP contribution < -0.4 is 0 Å². The van der Waals surface area contributed by atoms with Gasteiger partial charge in [-0.2, -0.15) is 0 Å². The fourth-order valence-corrected chi connectivity index (χ4v) is 3.06. The zero-order valence-corrected chi connectivity index (χ0v) is 6.95. The molecular formula is C9H16O2. The molecule has 0 aromatic heterocycles. The molecule has 2 aliphatic carbocycles. The van der Waals surface area contributed by atoms with E-state index in [0.29, 0.717) is 11.8 Å². The van der Waals surface area contributed by atoms with Gasteiger partial charge in [-0.3, -0.25) is 0 Å². The molecule has 2 bridgehead atoms. The lowest BCUT2D eigenvalue weighted by atomic mass is 9.80. The predicted octanol–water partition coefficient (Wildman–Crippen LogP) is 0.776. The number of hydrogen-bond donors (Lipinski definition) is 2. The first-order valence-electron chi connectivity index (χ1n) is 4.47. The first-order valence-corrected chi connectivity index (χ1v) is 4.47. The summed E-state index contributed by atoms with van der Waals surface area (Å²) < 4.78 is 0. The lowest BCUT2D eigenvalue weighted by Gasteiger charge is -2.27. The van der Waals surface area contributed by atoms with Gasteiger partial charge in [0.15, 0.2) is 0 Å². The molecule has 2 nitrogen and oxygen atoms in total. The Balaban J connectivity index is 2.24. The summed E-state index contributed by atoms with van der Waals surface area (Å²) in [7, 11) is 0. The average molecular weight is 156 g/mol.